The van der Waals surface area contributed by atoms with Gasteiger partial charge in [-0.2, -0.15) is 0 Å². The normalized spacial score (nSPS) is 12.2. The highest BCUT2D eigenvalue weighted by molar-refractivity contribution is 7.89. The van der Waals surface area contributed by atoms with Crippen LogP contribution in [0.3, 0.4) is 0 Å². The van der Waals surface area contributed by atoms with Crippen LogP contribution in [0.2, 0.25) is 0 Å². The maximum absolute atomic E-state index is 11.8. The lowest BCUT2D eigenvalue weighted by atomic mass is 10.2. The Labute approximate surface area is 106 Å². The molecule has 0 saturated heterocycles. The first-order chi connectivity index (χ1) is 8.31. The van der Waals surface area contributed by atoms with Crippen LogP contribution in [0.5, 0.6) is 0 Å². The summed E-state index contributed by atoms with van der Waals surface area (Å²) in [6, 6.07) is 5.88. The Morgan fingerprint density at radius 3 is 2.28 bits per heavy atom. The Hall–Kier alpha value is -1.70. The molecule has 0 saturated carbocycles. The first-order valence-corrected chi connectivity index (χ1v) is 6.50. The number of aliphatic carboxylic acids is 1. The number of nitrogens with zero attached hydrogens (tertiary/aromatic N) is 1. The number of sulfonamides is 1. The van der Waals surface area contributed by atoms with Gasteiger partial charge in [-0.05, 0) is 23.8 Å². The SMILES string of the molecule is CN(C)NS(=O)(=O)c1ccc(/C=C/C(=O)O)cc1. The molecular formula is C11H14N2O4S. The van der Waals surface area contributed by atoms with Crippen molar-refractivity contribution in [3.05, 3.63) is 35.9 Å². The van der Waals surface area contributed by atoms with Crippen LogP contribution in [-0.2, 0) is 14.8 Å². The molecule has 0 spiro atoms. The molecule has 0 aromatic heterocycles. The van der Waals surface area contributed by atoms with Gasteiger partial charge < -0.3 is 5.11 Å². The van der Waals surface area contributed by atoms with Gasteiger partial charge in [0.2, 0.25) is 0 Å². The van der Waals surface area contributed by atoms with Crippen LogP contribution in [0.4, 0.5) is 0 Å². The number of hydrogen-bond donors (Lipinski definition) is 2. The highest BCUT2D eigenvalue weighted by atomic mass is 32.2. The van der Waals surface area contributed by atoms with Crippen molar-refractivity contribution in [1.29, 1.82) is 0 Å². The number of nitrogens with one attached hydrogen (secondary N) is 1. The Morgan fingerprint density at radius 2 is 1.83 bits per heavy atom. The molecule has 0 aliphatic heterocycles. The second kappa shape index (κ2) is 5.76. The predicted molar refractivity (Wildman–Crippen MR) is 67.1 cm³/mol. The molecule has 1 aromatic carbocycles. The van der Waals surface area contributed by atoms with Crippen LogP contribution < -0.4 is 4.83 Å². The standard InChI is InChI=1S/C11H14N2O4S/c1-13(2)12-18(16,17)10-6-3-9(4-7-10)5-8-11(14)15/h3-8,12H,1-2H3,(H,14,15)/b8-5+. The molecule has 0 aliphatic carbocycles. The van der Waals surface area contributed by atoms with Crippen molar-refractivity contribution in [3.8, 4) is 0 Å². The lowest BCUT2D eigenvalue weighted by Crippen LogP contribution is -2.36. The van der Waals surface area contributed by atoms with Gasteiger partial charge in [0.1, 0.15) is 0 Å². The lowest BCUT2D eigenvalue weighted by Gasteiger charge is -2.12. The number of hydrogen-bond acceptors (Lipinski definition) is 4. The summed E-state index contributed by atoms with van der Waals surface area (Å²) >= 11 is 0. The number of hydrazine groups is 1. The number of rotatable bonds is 5. The van der Waals surface area contributed by atoms with Crippen LogP contribution in [0.1, 0.15) is 5.56 Å². The van der Waals surface area contributed by atoms with E-state index in [1.165, 1.54) is 35.4 Å². The Balaban J connectivity index is 2.92. The van der Waals surface area contributed by atoms with Crippen LogP contribution in [0.15, 0.2) is 35.2 Å². The van der Waals surface area contributed by atoms with E-state index in [2.05, 4.69) is 4.83 Å². The van der Waals surface area contributed by atoms with Gasteiger partial charge in [-0.25, -0.2) is 18.2 Å². The largest absolute Gasteiger partial charge is 0.478 e. The second-order valence-corrected chi connectivity index (χ2v) is 5.39. The van der Waals surface area contributed by atoms with Crippen LogP contribution in [0, 0.1) is 0 Å². The van der Waals surface area contributed by atoms with E-state index in [1.807, 2.05) is 0 Å². The number of carboxylic acids is 1. The van der Waals surface area contributed by atoms with E-state index in [1.54, 1.807) is 14.1 Å². The van der Waals surface area contributed by atoms with Gasteiger partial charge in [0, 0.05) is 20.2 Å². The van der Waals surface area contributed by atoms with E-state index in [4.69, 9.17) is 5.11 Å². The fourth-order valence-electron chi connectivity index (χ4n) is 1.22. The van der Waals surface area contributed by atoms with E-state index >= 15 is 0 Å². The number of carboxylic acid groups (broad SMARTS) is 1. The summed E-state index contributed by atoms with van der Waals surface area (Å²) < 4.78 is 23.5. The summed E-state index contributed by atoms with van der Waals surface area (Å²) in [6.07, 6.45) is 2.37. The molecule has 0 aliphatic rings. The molecular weight excluding hydrogens is 256 g/mol. The van der Waals surface area contributed by atoms with Gasteiger partial charge in [0.25, 0.3) is 10.0 Å². The van der Waals surface area contributed by atoms with E-state index in [0.717, 1.165) is 6.08 Å². The Kier molecular flexibility index (Phi) is 4.60. The van der Waals surface area contributed by atoms with Gasteiger partial charge in [-0.1, -0.05) is 12.1 Å². The molecule has 0 radical (unpaired) electrons. The fraction of sp³-hybridized carbons (Fsp3) is 0.182. The monoisotopic (exact) mass is 270 g/mol. The first kappa shape index (κ1) is 14.4. The van der Waals surface area contributed by atoms with Crippen LogP contribution >= 0.6 is 0 Å². The van der Waals surface area contributed by atoms with Crippen molar-refractivity contribution in [2.24, 2.45) is 0 Å². The van der Waals surface area contributed by atoms with Crippen molar-refractivity contribution >= 4 is 22.1 Å². The molecule has 2 N–H and O–H groups in total. The predicted octanol–water partition coefficient (Wildman–Crippen LogP) is 0.539. The number of benzene rings is 1. The van der Waals surface area contributed by atoms with Crippen LogP contribution in [0.25, 0.3) is 6.08 Å². The maximum Gasteiger partial charge on any atom is 0.328 e. The molecule has 6 nitrogen and oxygen atoms in total. The average molecular weight is 270 g/mol. The average Bonchev–Trinajstić information content (AvgIpc) is 2.25. The van der Waals surface area contributed by atoms with Crippen molar-refractivity contribution in [3.63, 3.8) is 0 Å². The third-order valence-corrected chi connectivity index (χ3v) is 3.41. The minimum absolute atomic E-state index is 0.115. The fourth-order valence-corrected chi connectivity index (χ4v) is 2.30. The molecule has 7 heteroatoms. The summed E-state index contributed by atoms with van der Waals surface area (Å²) in [5.74, 6) is -1.05. The van der Waals surface area contributed by atoms with E-state index in [9.17, 15) is 13.2 Å². The molecule has 0 amide bonds. The summed E-state index contributed by atoms with van der Waals surface area (Å²) in [4.78, 5) is 12.7. The maximum atomic E-state index is 11.8. The van der Waals surface area contributed by atoms with Gasteiger partial charge in [0.05, 0.1) is 4.90 Å². The number of carbonyl (C=O) groups is 1. The molecule has 1 rings (SSSR count). The minimum Gasteiger partial charge on any atom is -0.478 e. The second-order valence-electron chi connectivity index (χ2n) is 3.73. The van der Waals surface area contributed by atoms with E-state index < -0.39 is 16.0 Å². The summed E-state index contributed by atoms with van der Waals surface area (Å²) in [7, 11) is -0.430. The lowest BCUT2D eigenvalue weighted by molar-refractivity contribution is -0.131. The summed E-state index contributed by atoms with van der Waals surface area (Å²) in [5.41, 5.74) is 0.612. The highest BCUT2D eigenvalue weighted by Crippen LogP contribution is 2.11. The zero-order valence-electron chi connectivity index (χ0n) is 9.99. The molecule has 0 bridgehead atoms. The zero-order chi connectivity index (χ0) is 13.8. The third-order valence-electron chi connectivity index (χ3n) is 1.91. The molecule has 98 valence electrons. The van der Waals surface area contributed by atoms with Gasteiger partial charge in [0.15, 0.2) is 0 Å². The van der Waals surface area contributed by atoms with E-state index in [0.29, 0.717) is 5.56 Å². The molecule has 0 heterocycles. The first-order valence-electron chi connectivity index (χ1n) is 5.02. The van der Waals surface area contributed by atoms with Crippen molar-refractivity contribution in [2.45, 2.75) is 4.90 Å². The van der Waals surface area contributed by atoms with Crippen molar-refractivity contribution < 1.29 is 18.3 Å². The van der Waals surface area contributed by atoms with E-state index in [-0.39, 0.29) is 4.90 Å². The summed E-state index contributed by atoms with van der Waals surface area (Å²) in [6.45, 7) is 0. The molecule has 0 atom stereocenters. The smallest absolute Gasteiger partial charge is 0.328 e. The Bertz CT molecular complexity index is 547. The van der Waals surface area contributed by atoms with Crippen molar-refractivity contribution in [1.82, 2.24) is 9.84 Å². The quantitative estimate of drug-likeness (QED) is 0.602. The minimum atomic E-state index is -3.57. The third kappa shape index (κ3) is 4.28. The van der Waals surface area contributed by atoms with Gasteiger partial charge in [-0.3, -0.25) is 0 Å². The zero-order valence-corrected chi connectivity index (χ0v) is 10.8. The molecule has 18 heavy (non-hydrogen) atoms. The van der Waals surface area contributed by atoms with Gasteiger partial charge in [-0.15, -0.1) is 4.83 Å². The molecule has 1 aromatic rings. The Morgan fingerprint density at radius 1 is 1.28 bits per heavy atom. The molecule has 0 unspecified atom stereocenters. The van der Waals surface area contributed by atoms with Crippen LogP contribution in [-0.4, -0.2) is 38.6 Å². The van der Waals surface area contributed by atoms with Crippen molar-refractivity contribution in [2.75, 3.05) is 14.1 Å². The summed E-state index contributed by atoms with van der Waals surface area (Å²) in [5, 5.41) is 9.79. The molecule has 0 fully saturated rings. The van der Waals surface area contributed by atoms with Gasteiger partial charge >= 0.3 is 5.97 Å². The highest BCUT2D eigenvalue weighted by Gasteiger charge is 2.13. The topological polar surface area (TPSA) is 86.7 Å².